The Bertz CT molecular complexity index is 303. The van der Waals surface area contributed by atoms with Gasteiger partial charge in [-0.3, -0.25) is 9.69 Å². The van der Waals surface area contributed by atoms with Gasteiger partial charge in [-0.15, -0.1) is 0 Å². The van der Waals surface area contributed by atoms with Crippen LogP contribution in [0.25, 0.3) is 0 Å². The summed E-state index contributed by atoms with van der Waals surface area (Å²) in [7, 11) is 3.77. The molecule has 0 spiro atoms. The summed E-state index contributed by atoms with van der Waals surface area (Å²) in [5, 5.41) is 9.71. The maximum atomic E-state index is 11.8. The van der Waals surface area contributed by atoms with Gasteiger partial charge in [-0.2, -0.15) is 0 Å². The maximum Gasteiger partial charge on any atom is 0.324 e. The molecule has 2 fully saturated rings. The summed E-state index contributed by atoms with van der Waals surface area (Å²) in [4.78, 5) is 16.2. The Balaban J connectivity index is 2.13. The number of methoxy groups -OCH3 is 1. The Labute approximate surface area is 109 Å². The molecule has 0 amide bonds. The van der Waals surface area contributed by atoms with Crippen LogP contribution in [-0.2, 0) is 9.53 Å². The van der Waals surface area contributed by atoms with E-state index in [9.17, 15) is 9.90 Å². The second-order valence-electron chi connectivity index (χ2n) is 5.58. The van der Waals surface area contributed by atoms with Gasteiger partial charge in [0, 0.05) is 39.7 Å². The number of rotatable bonds is 3. The van der Waals surface area contributed by atoms with Crippen LogP contribution in [0.1, 0.15) is 25.7 Å². The molecule has 1 saturated heterocycles. The quantitative estimate of drug-likeness (QED) is 0.803. The van der Waals surface area contributed by atoms with E-state index < -0.39 is 11.5 Å². The fourth-order valence-electron chi connectivity index (χ4n) is 3.26. The normalized spacial score (nSPS) is 35.6. The lowest BCUT2D eigenvalue weighted by Gasteiger charge is -2.48. The molecule has 2 rings (SSSR count). The Morgan fingerprint density at radius 3 is 2.56 bits per heavy atom. The molecule has 0 aromatic rings. The van der Waals surface area contributed by atoms with Crippen LogP contribution in [0.5, 0.6) is 0 Å². The second kappa shape index (κ2) is 5.55. The zero-order valence-corrected chi connectivity index (χ0v) is 11.4. The van der Waals surface area contributed by atoms with Gasteiger partial charge in [-0.25, -0.2) is 0 Å². The van der Waals surface area contributed by atoms with Crippen LogP contribution in [0.2, 0.25) is 0 Å². The number of ether oxygens (including phenoxy) is 1. The summed E-state index contributed by atoms with van der Waals surface area (Å²) in [6.07, 6.45) is 3.40. The van der Waals surface area contributed by atoms with Crippen LogP contribution in [0, 0.1) is 0 Å². The monoisotopic (exact) mass is 256 g/mol. The van der Waals surface area contributed by atoms with Gasteiger partial charge in [0.2, 0.25) is 0 Å². The zero-order valence-electron chi connectivity index (χ0n) is 11.4. The van der Waals surface area contributed by atoms with E-state index in [0.29, 0.717) is 6.42 Å². The average Bonchev–Trinajstić information content (AvgIpc) is 2.39. The third-order valence-electron chi connectivity index (χ3n) is 4.52. The Hall–Kier alpha value is -0.650. The number of carbonyl (C=O) groups is 1. The number of carboxylic acid groups (broad SMARTS) is 1. The first-order valence-electron chi connectivity index (χ1n) is 6.78. The second-order valence-corrected chi connectivity index (χ2v) is 5.58. The lowest BCUT2D eigenvalue weighted by Crippen LogP contribution is -2.62. The number of piperazine rings is 1. The standard InChI is InChI=1S/C13H24N2O3/c1-14-6-8-15(9-7-14)13(12(16)17)5-3-4-11(10-13)18-2/h11H,3-10H2,1-2H3,(H,16,17). The fourth-order valence-corrected chi connectivity index (χ4v) is 3.26. The van der Waals surface area contributed by atoms with Crippen LogP contribution < -0.4 is 0 Å². The molecule has 2 unspecified atom stereocenters. The Morgan fingerprint density at radius 2 is 2.00 bits per heavy atom. The summed E-state index contributed by atoms with van der Waals surface area (Å²) in [6, 6.07) is 0. The van der Waals surface area contributed by atoms with Crippen molar-refractivity contribution in [1.82, 2.24) is 9.80 Å². The first-order chi connectivity index (χ1) is 8.58. The van der Waals surface area contributed by atoms with Crippen LogP contribution in [-0.4, -0.2) is 72.9 Å². The molecule has 2 atom stereocenters. The highest BCUT2D eigenvalue weighted by atomic mass is 16.5. The van der Waals surface area contributed by atoms with Crippen molar-refractivity contribution in [2.24, 2.45) is 0 Å². The molecule has 1 saturated carbocycles. The molecule has 104 valence electrons. The maximum absolute atomic E-state index is 11.8. The molecule has 5 heteroatoms. The van der Waals surface area contributed by atoms with E-state index in [4.69, 9.17) is 4.74 Å². The molecule has 0 aromatic carbocycles. The van der Waals surface area contributed by atoms with Gasteiger partial charge in [-0.1, -0.05) is 0 Å². The van der Waals surface area contributed by atoms with Gasteiger partial charge in [-0.05, 0) is 26.3 Å². The fraction of sp³-hybridized carbons (Fsp3) is 0.923. The van der Waals surface area contributed by atoms with E-state index in [0.717, 1.165) is 45.4 Å². The van der Waals surface area contributed by atoms with Crippen molar-refractivity contribution in [3.05, 3.63) is 0 Å². The number of likely N-dealkylation sites (N-methyl/N-ethyl adjacent to an activating group) is 1. The highest BCUT2D eigenvalue weighted by Gasteiger charge is 2.48. The summed E-state index contributed by atoms with van der Waals surface area (Å²) < 4.78 is 5.41. The van der Waals surface area contributed by atoms with Crippen molar-refractivity contribution in [1.29, 1.82) is 0 Å². The number of carboxylic acids is 1. The molecule has 0 radical (unpaired) electrons. The van der Waals surface area contributed by atoms with E-state index in [1.807, 2.05) is 0 Å². The molecule has 2 aliphatic rings. The molecule has 5 nitrogen and oxygen atoms in total. The number of aliphatic carboxylic acids is 1. The van der Waals surface area contributed by atoms with Crippen molar-refractivity contribution in [2.45, 2.75) is 37.3 Å². The molecule has 0 bridgehead atoms. The molecular weight excluding hydrogens is 232 g/mol. The van der Waals surface area contributed by atoms with Crippen molar-refractivity contribution in [3.8, 4) is 0 Å². The van der Waals surface area contributed by atoms with E-state index in [1.54, 1.807) is 7.11 Å². The summed E-state index contributed by atoms with van der Waals surface area (Å²) in [6.45, 7) is 3.60. The molecule has 1 heterocycles. The average molecular weight is 256 g/mol. The summed E-state index contributed by atoms with van der Waals surface area (Å²) >= 11 is 0. The van der Waals surface area contributed by atoms with E-state index in [2.05, 4.69) is 16.8 Å². The lowest BCUT2D eigenvalue weighted by molar-refractivity contribution is -0.159. The lowest BCUT2D eigenvalue weighted by atomic mass is 9.78. The smallest absolute Gasteiger partial charge is 0.324 e. The van der Waals surface area contributed by atoms with Crippen molar-refractivity contribution in [2.75, 3.05) is 40.3 Å². The zero-order chi connectivity index (χ0) is 13.2. The van der Waals surface area contributed by atoms with Gasteiger partial charge < -0.3 is 14.7 Å². The molecule has 1 N–H and O–H groups in total. The van der Waals surface area contributed by atoms with Crippen LogP contribution in [0.3, 0.4) is 0 Å². The number of nitrogens with zero attached hydrogens (tertiary/aromatic N) is 2. The van der Waals surface area contributed by atoms with Crippen LogP contribution >= 0.6 is 0 Å². The van der Waals surface area contributed by atoms with E-state index in [-0.39, 0.29) is 6.10 Å². The van der Waals surface area contributed by atoms with Crippen molar-refractivity contribution in [3.63, 3.8) is 0 Å². The molecule has 1 aliphatic heterocycles. The topological polar surface area (TPSA) is 53.0 Å². The third kappa shape index (κ3) is 2.53. The van der Waals surface area contributed by atoms with Gasteiger partial charge >= 0.3 is 5.97 Å². The third-order valence-corrected chi connectivity index (χ3v) is 4.52. The largest absolute Gasteiger partial charge is 0.480 e. The highest BCUT2D eigenvalue weighted by Crippen LogP contribution is 2.35. The van der Waals surface area contributed by atoms with Gasteiger partial charge in [0.15, 0.2) is 0 Å². The van der Waals surface area contributed by atoms with E-state index in [1.165, 1.54) is 0 Å². The summed E-state index contributed by atoms with van der Waals surface area (Å²) in [5.74, 6) is -0.672. The highest BCUT2D eigenvalue weighted by molar-refractivity contribution is 5.79. The number of hydrogen-bond donors (Lipinski definition) is 1. The number of hydrogen-bond acceptors (Lipinski definition) is 4. The SMILES string of the molecule is COC1CCCC(C(=O)O)(N2CCN(C)CC2)C1. The molecule has 0 aromatic heterocycles. The van der Waals surface area contributed by atoms with Crippen molar-refractivity contribution >= 4 is 5.97 Å². The van der Waals surface area contributed by atoms with Crippen LogP contribution in [0.4, 0.5) is 0 Å². The van der Waals surface area contributed by atoms with E-state index >= 15 is 0 Å². The van der Waals surface area contributed by atoms with Crippen LogP contribution in [0.15, 0.2) is 0 Å². The van der Waals surface area contributed by atoms with Crippen molar-refractivity contribution < 1.29 is 14.6 Å². The molecule has 18 heavy (non-hydrogen) atoms. The minimum absolute atomic E-state index is 0.0921. The van der Waals surface area contributed by atoms with Gasteiger partial charge in [0.25, 0.3) is 0 Å². The predicted octanol–water partition coefficient (Wildman–Crippen LogP) is 0.646. The van der Waals surface area contributed by atoms with Gasteiger partial charge in [0.1, 0.15) is 5.54 Å². The molecular formula is C13H24N2O3. The predicted molar refractivity (Wildman–Crippen MR) is 68.7 cm³/mol. The van der Waals surface area contributed by atoms with Gasteiger partial charge in [0.05, 0.1) is 6.10 Å². The molecule has 1 aliphatic carbocycles. The Kier molecular flexibility index (Phi) is 4.25. The first kappa shape index (κ1) is 13.8. The minimum Gasteiger partial charge on any atom is -0.480 e. The summed E-state index contributed by atoms with van der Waals surface area (Å²) in [5.41, 5.74) is -0.694. The Morgan fingerprint density at radius 1 is 1.33 bits per heavy atom. The first-order valence-corrected chi connectivity index (χ1v) is 6.78. The minimum atomic E-state index is -0.694.